The van der Waals surface area contributed by atoms with Crippen LogP contribution in [0.3, 0.4) is 0 Å². The lowest BCUT2D eigenvalue weighted by Gasteiger charge is -2.28. The molecule has 1 aliphatic heterocycles. The molecule has 2 unspecified atom stereocenters. The monoisotopic (exact) mass is 290 g/mol. The third kappa shape index (κ3) is 4.42. The van der Waals surface area contributed by atoms with E-state index in [9.17, 15) is 0 Å². The minimum Gasteiger partial charge on any atom is -0.358 e. The third-order valence-corrected chi connectivity index (χ3v) is 4.61. The fourth-order valence-corrected chi connectivity index (χ4v) is 3.14. The molecule has 2 heterocycles. The second-order valence-corrected chi connectivity index (χ2v) is 6.20. The SMILES string of the molecule is CCC(N)Cc1ccc(N(C)CC2CCCN2CC)nc1. The van der Waals surface area contributed by atoms with Gasteiger partial charge < -0.3 is 10.6 Å². The summed E-state index contributed by atoms with van der Waals surface area (Å²) in [7, 11) is 2.14. The summed E-state index contributed by atoms with van der Waals surface area (Å²) in [6.45, 7) is 7.84. The molecule has 2 atom stereocenters. The Morgan fingerprint density at radius 3 is 2.86 bits per heavy atom. The molecule has 1 aromatic rings. The van der Waals surface area contributed by atoms with Gasteiger partial charge in [-0.3, -0.25) is 4.90 Å². The van der Waals surface area contributed by atoms with Crippen molar-refractivity contribution in [2.75, 3.05) is 31.6 Å². The molecule has 0 saturated carbocycles. The van der Waals surface area contributed by atoms with Crippen LogP contribution in [-0.2, 0) is 6.42 Å². The zero-order valence-electron chi connectivity index (χ0n) is 13.8. The highest BCUT2D eigenvalue weighted by Crippen LogP contribution is 2.19. The van der Waals surface area contributed by atoms with Crippen LogP contribution in [0.15, 0.2) is 18.3 Å². The van der Waals surface area contributed by atoms with E-state index in [0.717, 1.165) is 31.7 Å². The van der Waals surface area contributed by atoms with Crippen LogP contribution in [-0.4, -0.2) is 48.6 Å². The highest BCUT2D eigenvalue weighted by atomic mass is 15.2. The number of nitrogens with zero attached hydrogens (tertiary/aromatic N) is 3. The molecule has 118 valence electrons. The van der Waals surface area contributed by atoms with Crippen LogP contribution in [0, 0.1) is 0 Å². The molecule has 1 saturated heterocycles. The molecule has 0 radical (unpaired) electrons. The molecule has 0 spiro atoms. The van der Waals surface area contributed by atoms with Crippen LogP contribution in [0.4, 0.5) is 5.82 Å². The number of nitrogens with two attached hydrogens (primary N) is 1. The van der Waals surface area contributed by atoms with Crippen molar-refractivity contribution in [2.24, 2.45) is 5.73 Å². The van der Waals surface area contributed by atoms with Crippen LogP contribution < -0.4 is 10.6 Å². The van der Waals surface area contributed by atoms with E-state index in [-0.39, 0.29) is 6.04 Å². The highest BCUT2D eigenvalue weighted by Gasteiger charge is 2.24. The summed E-state index contributed by atoms with van der Waals surface area (Å²) in [4.78, 5) is 9.47. The minimum atomic E-state index is 0.243. The summed E-state index contributed by atoms with van der Waals surface area (Å²) in [5.41, 5.74) is 7.23. The molecule has 21 heavy (non-hydrogen) atoms. The van der Waals surface area contributed by atoms with Crippen LogP contribution in [0.1, 0.15) is 38.7 Å². The molecule has 2 N–H and O–H groups in total. The normalized spacial score (nSPS) is 20.7. The maximum atomic E-state index is 6.00. The van der Waals surface area contributed by atoms with Gasteiger partial charge in [-0.2, -0.15) is 0 Å². The van der Waals surface area contributed by atoms with Crippen LogP contribution in [0.5, 0.6) is 0 Å². The lowest BCUT2D eigenvalue weighted by molar-refractivity contribution is 0.270. The summed E-state index contributed by atoms with van der Waals surface area (Å²) < 4.78 is 0. The average Bonchev–Trinajstić information content (AvgIpc) is 2.95. The van der Waals surface area contributed by atoms with Gasteiger partial charge in [0, 0.05) is 31.9 Å². The number of pyridine rings is 1. The van der Waals surface area contributed by atoms with Crippen LogP contribution >= 0.6 is 0 Å². The maximum absolute atomic E-state index is 6.00. The second-order valence-electron chi connectivity index (χ2n) is 6.20. The Balaban J connectivity index is 1.91. The Hall–Kier alpha value is -1.13. The fourth-order valence-electron chi connectivity index (χ4n) is 3.14. The van der Waals surface area contributed by atoms with Crippen molar-refractivity contribution in [1.29, 1.82) is 0 Å². The van der Waals surface area contributed by atoms with Gasteiger partial charge in [-0.05, 0) is 50.4 Å². The van der Waals surface area contributed by atoms with Crippen LogP contribution in [0.25, 0.3) is 0 Å². The number of hydrogen-bond donors (Lipinski definition) is 1. The molecular weight excluding hydrogens is 260 g/mol. The summed E-state index contributed by atoms with van der Waals surface area (Å²) >= 11 is 0. The third-order valence-electron chi connectivity index (χ3n) is 4.61. The summed E-state index contributed by atoms with van der Waals surface area (Å²) in [6, 6.07) is 5.21. The number of likely N-dealkylation sites (tertiary alicyclic amines) is 1. The second kappa shape index (κ2) is 7.76. The standard InChI is InChI=1S/C17H30N4/c1-4-15(18)11-14-8-9-17(19-12-14)20(3)13-16-7-6-10-21(16)5-2/h8-9,12,15-16H,4-7,10-11,13,18H2,1-3H3. The molecule has 1 aromatic heterocycles. The van der Waals surface area contributed by atoms with Gasteiger partial charge in [0.15, 0.2) is 0 Å². The first kappa shape index (κ1) is 16.2. The smallest absolute Gasteiger partial charge is 0.128 e. The molecule has 4 heteroatoms. The summed E-state index contributed by atoms with van der Waals surface area (Å²) in [5, 5.41) is 0. The number of aromatic nitrogens is 1. The van der Waals surface area contributed by atoms with E-state index < -0.39 is 0 Å². The molecule has 0 aliphatic carbocycles. The van der Waals surface area contributed by atoms with E-state index in [2.05, 4.69) is 47.8 Å². The highest BCUT2D eigenvalue weighted by molar-refractivity contribution is 5.38. The minimum absolute atomic E-state index is 0.243. The van der Waals surface area contributed by atoms with Gasteiger partial charge in [-0.25, -0.2) is 4.98 Å². The Bertz CT molecular complexity index is 417. The van der Waals surface area contributed by atoms with E-state index in [1.165, 1.54) is 24.9 Å². The van der Waals surface area contributed by atoms with Crippen molar-refractivity contribution in [3.8, 4) is 0 Å². The van der Waals surface area contributed by atoms with E-state index >= 15 is 0 Å². The molecule has 1 aliphatic rings. The predicted molar refractivity (Wildman–Crippen MR) is 89.7 cm³/mol. The van der Waals surface area contributed by atoms with Gasteiger partial charge >= 0.3 is 0 Å². The first-order chi connectivity index (χ1) is 10.1. The molecular formula is C17H30N4. The summed E-state index contributed by atoms with van der Waals surface area (Å²) in [5.74, 6) is 1.06. The van der Waals surface area contributed by atoms with Crippen LogP contribution in [0.2, 0.25) is 0 Å². The molecule has 0 bridgehead atoms. The molecule has 0 aromatic carbocycles. The lowest BCUT2D eigenvalue weighted by atomic mass is 10.1. The van der Waals surface area contributed by atoms with Gasteiger partial charge in [-0.1, -0.05) is 19.9 Å². The van der Waals surface area contributed by atoms with E-state index in [0.29, 0.717) is 6.04 Å². The Kier molecular flexibility index (Phi) is 6.00. The van der Waals surface area contributed by atoms with E-state index in [1.807, 2.05) is 6.20 Å². The van der Waals surface area contributed by atoms with Crippen molar-refractivity contribution in [3.63, 3.8) is 0 Å². The van der Waals surface area contributed by atoms with Gasteiger partial charge in [0.05, 0.1) is 0 Å². The molecule has 2 rings (SSSR count). The Labute approximate surface area is 129 Å². The lowest BCUT2D eigenvalue weighted by Crippen LogP contribution is -2.39. The van der Waals surface area contributed by atoms with Crippen molar-refractivity contribution in [3.05, 3.63) is 23.9 Å². The van der Waals surface area contributed by atoms with E-state index in [1.54, 1.807) is 0 Å². The first-order valence-corrected chi connectivity index (χ1v) is 8.29. The molecule has 1 fully saturated rings. The summed E-state index contributed by atoms with van der Waals surface area (Å²) in [6.07, 6.45) is 6.54. The Morgan fingerprint density at radius 2 is 2.24 bits per heavy atom. The quantitative estimate of drug-likeness (QED) is 0.837. The fraction of sp³-hybridized carbons (Fsp3) is 0.706. The Morgan fingerprint density at radius 1 is 1.43 bits per heavy atom. The number of hydrogen-bond acceptors (Lipinski definition) is 4. The topological polar surface area (TPSA) is 45.4 Å². The molecule has 0 amide bonds. The van der Waals surface area contributed by atoms with Gasteiger partial charge in [0.2, 0.25) is 0 Å². The van der Waals surface area contributed by atoms with Gasteiger partial charge in [0.25, 0.3) is 0 Å². The number of likely N-dealkylation sites (N-methyl/N-ethyl adjacent to an activating group) is 2. The zero-order chi connectivity index (χ0) is 15.2. The van der Waals surface area contributed by atoms with E-state index in [4.69, 9.17) is 5.73 Å². The van der Waals surface area contributed by atoms with Crippen molar-refractivity contribution >= 4 is 5.82 Å². The largest absolute Gasteiger partial charge is 0.358 e. The van der Waals surface area contributed by atoms with Gasteiger partial charge in [-0.15, -0.1) is 0 Å². The first-order valence-electron chi connectivity index (χ1n) is 8.29. The average molecular weight is 290 g/mol. The maximum Gasteiger partial charge on any atom is 0.128 e. The van der Waals surface area contributed by atoms with Crippen molar-refractivity contribution in [2.45, 2.75) is 51.6 Å². The molecule has 4 nitrogen and oxygen atoms in total. The van der Waals surface area contributed by atoms with Crippen molar-refractivity contribution < 1.29 is 0 Å². The van der Waals surface area contributed by atoms with Gasteiger partial charge in [0.1, 0.15) is 5.82 Å². The number of rotatable bonds is 7. The predicted octanol–water partition coefficient (Wildman–Crippen LogP) is 2.28. The number of anilines is 1. The van der Waals surface area contributed by atoms with Crippen molar-refractivity contribution in [1.82, 2.24) is 9.88 Å². The zero-order valence-corrected chi connectivity index (χ0v) is 13.8.